The van der Waals surface area contributed by atoms with Crippen LogP contribution in [0.2, 0.25) is 0 Å². The summed E-state index contributed by atoms with van der Waals surface area (Å²) in [7, 11) is 0. The van der Waals surface area contributed by atoms with Gasteiger partial charge in [-0.1, -0.05) is 13.3 Å². The lowest BCUT2D eigenvalue weighted by Crippen LogP contribution is -2.29. The van der Waals surface area contributed by atoms with Gasteiger partial charge in [0.1, 0.15) is 0 Å². The number of rotatable bonds is 5. The third kappa shape index (κ3) is 3.15. The lowest BCUT2D eigenvalue weighted by Gasteiger charge is -2.23. The van der Waals surface area contributed by atoms with Crippen molar-refractivity contribution in [3.8, 4) is 0 Å². The normalized spacial score (nSPS) is 16.1. The summed E-state index contributed by atoms with van der Waals surface area (Å²) in [6.45, 7) is 3.15. The molecule has 1 unspecified atom stereocenters. The van der Waals surface area contributed by atoms with Crippen molar-refractivity contribution >= 4 is 5.97 Å². The van der Waals surface area contributed by atoms with E-state index in [4.69, 9.17) is 5.11 Å². The van der Waals surface area contributed by atoms with Crippen LogP contribution in [-0.4, -0.2) is 17.5 Å². The van der Waals surface area contributed by atoms with Gasteiger partial charge in [-0.25, -0.2) is 8.78 Å². The van der Waals surface area contributed by atoms with Gasteiger partial charge in [-0.3, -0.25) is 4.79 Å². The number of carboxylic acid groups (broad SMARTS) is 1. The monoisotopic (exact) mass is 180 g/mol. The first-order chi connectivity index (χ1) is 5.42. The molecule has 0 aromatic rings. The largest absolute Gasteiger partial charge is 0.481 e. The minimum atomic E-state index is -2.54. The third-order valence-electron chi connectivity index (χ3n) is 1.92. The topological polar surface area (TPSA) is 37.3 Å². The molecule has 0 aliphatic carbocycles. The Bertz CT molecular complexity index is 159. The second kappa shape index (κ2) is 4.38. The number of alkyl halides is 2. The molecule has 0 radical (unpaired) electrons. The van der Waals surface area contributed by atoms with Crippen molar-refractivity contribution in [3.05, 3.63) is 0 Å². The van der Waals surface area contributed by atoms with Crippen LogP contribution in [-0.2, 0) is 4.79 Å². The predicted octanol–water partition coefficient (Wildman–Crippen LogP) is 2.53. The van der Waals surface area contributed by atoms with Crippen LogP contribution in [0.5, 0.6) is 0 Å². The number of hydrogen-bond acceptors (Lipinski definition) is 1. The molecule has 1 N–H and O–H groups in total. The molecule has 0 aromatic heterocycles. The highest BCUT2D eigenvalue weighted by molar-refractivity contribution is 5.74. The highest BCUT2D eigenvalue weighted by atomic mass is 19.3. The van der Waals surface area contributed by atoms with Crippen LogP contribution in [0.4, 0.5) is 8.78 Å². The average Bonchev–Trinajstić information content (AvgIpc) is 1.85. The molecule has 0 bridgehead atoms. The van der Waals surface area contributed by atoms with Gasteiger partial charge in [0.15, 0.2) is 0 Å². The Morgan fingerprint density at radius 3 is 2.33 bits per heavy atom. The predicted molar refractivity (Wildman–Crippen MR) is 41.3 cm³/mol. The number of carbonyl (C=O) groups is 1. The molecular formula is C8H14F2O2. The highest BCUT2D eigenvalue weighted by Gasteiger charge is 2.35. The highest BCUT2D eigenvalue weighted by Crippen LogP contribution is 2.30. The summed E-state index contributed by atoms with van der Waals surface area (Å²) < 4.78 is 23.9. The number of hydrogen-bond donors (Lipinski definition) is 1. The molecule has 0 saturated carbocycles. The number of halogens is 2. The van der Waals surface area contributed by atoms with Crippen LogP contribution in [0.1, 0.15) is 33.1 Å². The molecule has 4 heteroatoms. The van der Waals surface area contributed by atoms with E-state index in [1.165, 1.54) is 6.92 Å². The van der Waals surface area contributed by atoms with Crippen LogP contribution >= 0.6 is 0 Å². The zero-order valence-electron chi connectivity index (χ0n) is 7.31. The van der Waals surface area contributed by atoms with Gasteiger partial charge < -0.3 is 5.11 Å². The lowest BCUT2D eigenvalue weighted by molar-refractivity contribution is -0.150. The van der Waals surface area contributed by atoms with Gasteiger partial charge in [0, 0.05) is 6.42 Å². The summed E-state index contributed by atoms with van der Waals surface area (Å²) >= 11 is 0. The van der Waals surface area contributed by atoms with Gasteiger partial charge in [0.25, 0.3) is 0 Å². The van der Waals surface area contributed by atoms with Crippen LogP contribution < -0.4 is 0 Å². The van der Waals surface area contributed by atoms with E-state index in [1.54, 1.807) is 6.92 Å². The van der Waals surface area contributed by atoms with Crippen LogP contribution in [0, 0.1) is 5.41 Å². The molecule has 0 aliphatic heterocycles. The van der Waals surface area contributed by atoms with Gasteiger partial charge in [-0.05, 0) is 13.3 Å². The van der Waals surface area contributed by atoms with E-state index in [0.717, 1.165) is 0 Å². The summed E-state index contributed by atoms with van der Waals surface area (Å²) in [5, 5.41) is 8.68. The van der Waals surface area contributed by atoms with Gasteiger partial charge in [0.05, 0.1) is 5.41 Å². The lowest BCUT2D eigenvalue weighted by atomic mass is 9.82. The van der Waals surface area contributed by atoms with Gasteiger partial charge in [-0.15, -0.1) is 0 Å². The fourth-order valence-electron chi connectivity index (χ4n) is 1.19. The number of aliphatic carboxylic acids is 1. The minimum Gasteiger partial charge on any atom is -0.481 e. The molecule has 0 rings (SSSR count). The molecule has 1 atom stereocenters. The quantitative estimate of drug-likeness (QED) is 0.705. The Morgan fingerprint density at radius 1 is 1.58 bits per heavy atom. The fraction of sp³-hybridized carbons (Fsp3) is 0.875. The number of carboxylic acids is 1. The standard InChI is InChI=1S/C8H14F2O2/c1-3-4-8(2,7(11)12)5-6(9)10/h6H,3-5H2,1-2H3,(H,11,12). The fourth-order valence-corrected chi connectivity index (χ4v) is 1.19. The van der Waals surface area contributed by atoms with Crippen LogP contribution in [0.15, 0.2) is 0 Å². The van der Waals surface area contributed by atoms with Gasteiger partial charge in [0.2, 0.25) is 6.43 Å². The van der Waals surface area contributed by atoms with Gasteiger partial charge >= 0.3 is 5.97 Å². The summed E-state index contributed by atoms with van der Waals surface area (Å²) in [5.41, 5.74) is -1.26. The Balaban J connectivity index is 4.28. The first kappa shape index (κ1) is 11.3. The van der Waals surface area contributed by atoms with Crippen LogP contribution in [0.3, 0.4) is 0 Å². The van der Waals surface area contributed by atoms with E-state index in [1.807, 2.05) is 0 Å². The zero-order chi connectivity index (χ0) is 9.78. The summed E-state index contributed by atoms with van der Waals surface area (Å²) in [4.78, 5) is 10.6. The van der Waals surface area contributed by atoms with E-state index < -0.39 is 24.2 Å². The summed E-state index contributed by atoms with van der Waals surface area (Å²) in [5.74, 6) is -1.13. The molecule has 2 nitrogen and oxygen atoms in total. The van der Waals surface area contributed by atoms with E-state index in [9.17, 15) is 13.6 Å². The molecule has 0 saturated heterocycles. The van der Waals surface area contributed by atoms with Crippen molar-refractivity contribution in [1.29, 1.82) is 0 Å². The van der Waals surface area contributed by atoms with Gasteiger partial charge in [-0.2, -0.15) is 0 Å². The maximum atomic E-state index is 12.0. The molecule has 72 valence electrons. The van der Waals surface area contributed by atoms with Crippen LogP contribution in [0.25, 0.3) is 0 Å². The van der Waals surface area contributed by atoms with Crippen molar-refractivity contribution in [3.63, 3.8) is 0 Å². The maximum absolute atomic E-state index is 12.0. The Kier molecular flexibility index (Phi) is 4.13. The third-order valence-corrected chi connectivity index (χ3v) is 1.92. The Labute approximate surface area is 70.6 Å². The first-order valence-corrected chi connectivity index (χ1v) is 3.94. The maximum Gasteiger partial charge on any atom is 0.309 e. The second-order valence-electron chi connectivity index (χ2n) is 3.21. The van der Waals surface area contributed by atoms with E-state index in [2.05, 4.69) is 0 Å². The van der Waals surface area contributed by atoms with Crippen molar-refractivity contribution in [2.75, 3.05) is 0 Å². The SMILES string of the molecule is CCCC(C)(CC(F)F)C(=O)O. The Morgan fingerprint density at radius 2 is 2.08 bits per heavy atom. The molecule has 0 aromatic carbocycles. The zero-order valence-corrected chi connectivity index (χ0v) is 7.31. The van der Waals surface area contributed by atoms with Crippen molar-refractivity contribution in [2.24, 2.45) is 5.41 Å². The smallest absolute Gasteiger partial charge is 0.309 e. The van der Waals surface area contributed by atoms with E-state index >= 15 is 0 Å². The molecule has 0 aliphatic rings. The van der Waals surface area contributed by atoms with Crippen molar-refractivity contribution in [1.82, 2.24) is 0 Å². The molecule has 0 heterocycles. The van der Waals surface area contributed by atoms with E-state index in [0.29, 0.717) is 12.8 Å². The Hall–Kier alpha value is -0.670. The molecule has 0 fully saturated rings. The molecule has 0 spiro atoms. The van der Waals surface area contributed by atoms with Crippen molar-refractivity contribution < 1.29 is 18.7 Å². The first-order valence-electron chi connectivity index (χ1n) is 3.94. The summed E-state index contributed by atoms with van der Waals surface area (Å²) in [6.07, 6.45) is -2.20. The minimum absolute atomic E-state index is 0.298. The van der Waals surface area contributed by atoms with Crippen molar-refractivity contribution in [2.45, 2.75) is 39.5 Å². The molecular weight excluding hydrogens is 166 g/mol. The molecule has 12 heavy (non-hydrogen) atoms. The summed E-state index contributed by atoms with van der Waals surface area (Å²) in [6, 6.07) is 0. The molecule has 0 amide bonds. The second-order valence-corrected chi connectivity index (χ2v) is 3.21. The average molecular weight is 180 g/mol. The van der Waals surface area contributed by atoms with E-state index in [-0.39, 0.29) is 0 Å².